The number of anilines is 2. The number of fused-ring (bicyclic) bond motifs is 2. The van der Waals surface area contributed by atoms with Crippen molar-refractivity contribution < 1.29 is 4.74 Å². The van der Waals surface area contributed by atoms with Gasteiger partial charge in [0.25, 0.3) is 0 Å². The normalized spacial score (nSPS) is 14.5. The van der Waals surface area contributed by atoms with Crippen LogP contribution in [0, 0.1) is 0 Å². The van der Waals surface area contributed by atoms with E-state index in [4.69, 9.17) is 9.72 Å². The summed E-state index contributed by atoms with van der Waals surface area (Å²) in [7, 11) is 4.16. The van der Waals surface area contributed by atoms with Crippen LogP contribution in [0.25, 0.3) is 11.0 Å². The molecule has 0 saturated carbocycles. The molecule has 0 amide bonds. The third-order valence-corrected chi connectivity index (χ3v) is 5.81. The highest BCUT2D eigenvalue weighted by molar-refractivity contribution is 5.80. The van der Waals surface area contributed by atoms with Crippen molar-refractivity contribution in [3.63, 3.8) is 0 Å². The molecule has 3 heterocycles. The minimum absolute atomic E-state index is 0.564. The fraction of sp³-hybridized carbons (Fsp3) is 0.435. The molecule has 148 valence electrons. The molecule has 0 radical (unpaired) electrons. The lowest BCUT2D eigenvalue weighted by molar-refractivity contribution is 0.288. The first-order valence-electron chi connectivity index (χ1n) is 10.3. The van der Waals surface area contributed by atoms with Crippen LogP contribution in [0.5, 0.6) is 5.75 Å². The molecule has 2 N–H and O–H groups in total. The van der Waals surface area contributed by atoms with Gasteiger partial charge in [0, 0.05) is 35.9 Å². The zero-order valence-electron chi connectivity index (χ0n) is 17.1. The molecule has 0 fully saturated rings. The smallest absolute Gasteiger partial charge is 0.142 e. The minimum Gasteiger partial charge on any atom is -0.493 e. The maximum Gasteiger partial charge on any atom is 0.142 e. The summed E-state index contributed by atoms with van der Waals surface area (Å²) in [5.74, 6) is 1.85. The molecule has 2 aromatic heterocycles. The fourth-order valence-electron chi connectivity index (χ4n) is 4.00. The van der Waals surface area contributed by atoms with Gasteiger partial charge in [-0.1, -0.05) is 13.0 Å². The van der Waals surface area contributed by atoms with E-state index in [1.54, 1.807) is 0 Å². The van der Waals surface area contributed by atoms with Gasteiger partial charge in [-0.3, -0.25) is 0 Å². The Bertz CT molecular complexity index is 959. The van der Waals surface area contributed by atoms with E-state index in [9.17, 15) is 0 Å². The van der Waals surface area contributed by atoms with Gasteiger partial charge in [0.15, 0.2) is 0 Å². The molecule has 4 rings (SSSR count). The summed E-state index contributed by atoms with van der Waals surface area (Å²) in [5, 5.41) is 8.01. The van der Waals surface area contributed by atoms with Crippen LogP contribution in [0.2, 0.25) is 0 Å². The van der Waals surface area contributed by atoms with E-state index in [2.05, 4.69) is 65.6 Å². The van der Waals surface area contributed by atoms with Crippen molar-refractivity contribution >= 4 is 22.5 Å². The molecule has 1 atom stereocenters. The molecule has 1 unspecified atom stereocenters. The summed E-state index contributed by atoms with van der Waals surface area (Å²) in [6.07, 6.45) is 5.53. The summed E-state index contributed by atoms with van der Waals surface area (Å²) in [6, 6.07) is 13.4. The highest BCUT2D eigenvalue weighted by Gasteiger charge is 2.13. The van der Waals surface area contributed by atoms with E-state index in [0.29, 0.717) is 6.04 Å². The second-order valence-corrected chi connectivity index (χ2v) is 7.64. The third kappa shape index (κ3) is 3.85. The van der Waals surface area contributed by atoms with E-state index >= 15 is 0 Å². The Morgan fingerprint density at radius 1 is 1.21 bits per heavy atom. The van der Waals surface area contributed by atoms with E-state index in [1.807, 2.05) is 7.05 Å². The number of benzene rings is 1. The van der Waals surface area contributed by atoms with Gasteiger partial charge >= 0.3 is 0 Å². The first kappa shape index (κ1) is 18.8. The van der Waals surface area contributed by atoms with Crippen LogP contribution in [0.4, 0.5) is 11.5 Å². The second-order valence-electron chi connectivity index (χ2n) is 7.64. The number of aryl methyl sites for hydroxylation is 3. The molecule has 1 aliphatic heterocycles. The number of nitrogens with zero attached hydrogens (tertiary/aromatic N) is 2. The second kappa shape index (κ2) is 8.23. The molecule has 3 aromatic rings. The molecule has 0 bridgehead atoms. The topological polar surface area (TPSA) is 51.1 Å². The molecule has 1 aromatic carbocycles. The number of aromatic nitrogens is 2. The van der Waals surface area contributed by atoms with Gasteiger partial charge in [-0.25, -0.2) is 4.98 Å². The standard InChI is InChI=1S/C23H30N4O/c1-4-18(24-2)10-11-20-14-17-8-12-22(26-23(17)27(20)3)25-19-9-7-16-6-5-13-28-21(16)15-19/h7-9,12,14-15,18,24H,4-6,10-11,13H2,1-3H3,(H,25,26). The Morgan fingerprint density at radius 3 is 2.93 bits per heavy atom. The van der Waals surface area contributed by atoms with Gasteiger partial charge in [0.1, 0.15) is 17.2 Å². The van der Waals surface area contributed by atoms with Crippen LogP contribution in [0.15, 0.2) is 36.4 Å². The van der Waals surface area contributed by atoms with Crippen LogP contribution >= 0.6 is 0 Å². The lowest BCUT2D eigenvalue weighted by Crippen LogP contribution is -2.24. The number of rotatable bonds is 7. The summed E-state index contributed by atoms with van der Waals surface area (Å²) in [5.41, 5.74) is 4.66. The van der Waals surface area contributed by atoms with E-state index < -0.39 is 0 Å². The van der Waals surface area contributed by atoms with E-state index in [-0.39, 0.29) is 0 Å². The minimum atomic E-state index is 0.564. The molecule has 5 nitrogen and oxygen atoms in total. The third-order valence-electron chi connectivity index (χ3n) is 5.81. The van der Waals surface area contributed by atoms with Crippen molar-refractivity contribution in [3.05, 3.63) is 47.7 Å². The molecular weight excluding hydrogens is 348 g/mol. The highest BCUT2D eigenvalue weighted by atomic mass is 16.5. The summed E-state index contributed by atoms with van der Waals surface area (Å²) >= 11 is 0. The number of ether oxygens (including phenoxy) is 1. The quantitative estimate of drug-likeness (QED) is 0.632. The maximum absolute atomic E-state index is 5.79. The molecule has 1 aliphatic rings. The van der Waals surface area contributed by atoms with Crippen molar-refractivity contribution in [2.45, 2.75) is 45.1 Å². The van der Waals surface area contributed by atoms with E-state index in [1.165, 1.54) is 16.6 Å². The van der Waals surface area contributed by atoms with Gasteiger partial charge < -0.3 is 19.9 Å². The van der Waals surface area contributed by atoms with Crippen molar-refractivity contribution in [1.82, 2.24) is 14.9 Å². The number of nitrogens with one attached hydrogen (secondary N) is 2. The first-order valence-corrected chi connectivity index (χ1v) is 10.3. The largest absolute Gasteiger partial charge is 0.493 e. The van der Waals surface area contributed by atoms with Crippen LogP contribution in [0.3, 0.4) is 0 Å². The first-order chi connectivity index (χ1) is 13.7. The zero-order valence-corrected chi connectivity index (χ0v) is 17.1. The van der Waals surface area contributed by atoms with Crippen molar-refractivity contribution in [3.8, 4) is 5.75 Å². The van der Waals surface area contributed by atoms with Crippen molar-refractivity contribution in [1.29, 1.82) is 0 Å². The molecule has 0 spiro atoms. The Kier molecular flexibility index (Phi) is 5.53. The zero-order chi connectivity index (χ0) is 19.5. The van der Waals surface area contributed by atoms with Crippen LogP contribution in [-0.4, -0.2) is 29.2 Å². The Hall–Kier alpha value is -2.53. The van der Waals surface area contributed by atoms with Crippen LogP contribution in [-0.2, 0) is 19.9 Å². The van der Waals surface area contributed by atoms with Crippen LogP contribution < -0.4 is 15.4 Å². The fourth-order valence-corrected chi connectivity index (χ4v) is 4.00. The lowest BCUT2D eigenvalue weighted by Gasteiger charge is -2.18. The predicted octanol–water partition coefficient (Wildman–Crippen LogP) is 4.57. The Labute approximate surface area is 167 Å². The van der Waals surface area contributed by atoms with Crippen LogP contribution in [0.1, 0.15) is 37.4 Å². The summed E-state index contributed by atoms with van der Waals surface area (Å²) in [4.78, 5) is 4.87. The molecule has 0 saturated heterocycles. The van der Waals surface area contributed by atoms with Crippen molar-refractivity contribution in [2.75, 3.05) is 19.0 Å². The van der Waals surface area contributed by atoms with Gasteiger partial charge in [-0.2, -0.15) is 0 Å². The van der Waals surface area contributed by atoms with Gasteiger partial charge in [0.05, 0.1) is 6.61 Å². The predicted molar refractivity (Wildman–Crippen MR) is 116 cm³/mol. The SMILES string of the molecule is CCC(CCc1cc2ccc(Nc3ccc4c(c3)OCCC4)nc2n1C)NC. The Balaban J connectivity index is 1.53. The van der Waals surface area contributed by atoms with Gasteiger partial charge in [-0.05, 0) is 69.0 Å². The van der Waals surface area contributed by atoms with Crippen molar-refractivity contribution in [2.24, 2.45) is 7.05 Å². The molecule has 28 heavy (non-hydrogen) atoms. The molecule has 5 heteroatoms. The lowest BCUT2D eigenvalue weighted by atomic mass is 10.1. The Morgan fingerprint density at radius 2 is 2.11 bits per heavy atom. The summed E-state index contributed by atoms with van der Waals surface area (Å²) < 4.78 is 8.01. The van der Waals surface area contributed by atoms with Gasteiger partial charge in [0.2, 0.25) is 0 Å². The van der Waals surface area contributed by atoms with E-state index in [0.717, 1.165) is 61.6 Å². The maximum atomic E-state index is 5.79. The average molecular weight is 379 g/mol. The highest BCUT2D eigenvalue weighted by Crippen LogP contribution is 2.29. The monoisotopic (exact) mass is 378 g/mol. The van der Waals surface area contributed by atoms with Gasteiger partial charge in [-0.15, -0.1) is 0 Å². The summed E-state index contributed by atoms with van der Waals surface area (Å²) in [6.45, 7) is 3.03. The molecular formula is C23H30N4O. The molecule has 0 aliphatic carbocycles. The number of hydrogen-bond donors (Lipinski definition) is 2. The number of pyridine rings is 1. The number of hydrogen-bond acceptors (Lipinski definition) is 4. The average Bonchev–Trinajstić information content (AvgIpc) is 3.04.